The van der Waals surface area contributed by atoms with Gasteiger partial charge in [-0.1, -0.05) is 11.8 Å². The molecule has 3 fully saturated rings. The number of nitrogens with zero attached hydrogens (tertiary/aromatic N) is 3. The molecule has 9 heteroatoms. The van der Waals surface area contributed by atoms with Crippen LogP contribution in [0.15, 0.2) is 4.79 Å². The van der Waals surface area contributed by atoms with Gasteiger partial charge in [-0.05, 0) is 84.3 Å². The Morgan fingerprint density at radius 1 is 1.27 bits per heavy atom. The quantitative estimate of drug-likeness (QED) is 0.443. The number of fused-ring (bicyclic) bond motifs is 2. The van der Waals surface area contributed by atoms with Gasteiger partial charge in [0.05, 0.1) is 18.2 Å². The van der Waals surface area contributed by atoms with Gasteiger partial charge in [-0.2, -0.15) is 11.8 Å². The summed E-state index contributed by atoms with van der Waals surface area (Å²) < 4.78 is 1.75. The van der Waals surface area contributed by atoms with Crippen LogP contribution >= 0.6 is 23.4 Å². The molecule has 202 valence electrons. The van der Waals surface area contributed by atoms with E-state index in [1.165, 1.54) is 0 Å². The van der Waals surface area contributed by atoms with Gasteiger partial charge in [-0.3, -0.25) is 14.2 Å². The zero-order chi connectivity index (χ0) is 26.3. The molecule has 0 amide bonds. The number of carboxylic acids is 1. The third kappa shape index (κ3) is 5.48. The highest BCUT2D eigenvalue weighted by molar-refractivity contribution is 8.00. The van der Waals surface area contributed by atoms with Gasteiger partial charge in [0, 0.05) is 39.9 Å². The lowest BCUT2D eigenvalue weighted by molar-refractivity contribution is -0.141. The number of thioether (sulfide) groups is 1. The van der Waals surface area contributed by atoms with Crippen molar-refractivity contribution in [3.05, 3.63) is 27.4 Å². The minimum Gasteiger partial charge on any atom is -0.481 e. The molecule has 2 N–H and O–H groups in total. The molecule has 0 aromatic carbocycles. The zero-order valence-corrected chi connectivity index (χ0v) is 23.7. The smallest absolute Gasteiger partial charge is 0.308 e. The van der Waals surface area contributed by atoms with E-state index in [1.807, 2.05) is 18.7 Å². The molecule has 0 spiro atoms. The van der Waals surface area contributed by atoms with Crippen molar-refractivity contribution >= 4 is 29.3 Å². The second kappa shape index (κ2) is 11.3. The number of aliphatic carboxylic acids is 1. The Hall–Kier alpha value is -1.53. The molecule has 2 aliphatic carbocycles. The van der Waals surface area contributed by atoms with Crippen molar-refractivity contribution in [3.8, 4) is 11.8 Å². The summed E-state index contributed by atoms with van der Waals surface area (Å²) in [6.45, 7) is 3.12. The molecule has 5 rings (SSSR count). The number of hydrogen-bond donors (Lipinski definition) is 2. The molecule has 3 heterocycles. The Bertz CT molecular complexity index is 1140. The fourth-order valence-electron chi connectivity index (χ4n) is 7.06. The van der Waals surface area contributed by atoms with Crippen LogP contribution in [-0.2, 0) is 24.2 Å². The molecule has 2 saturated heterocycles. The summed E-state index contributed by atoms with van der Waals surface area (Å²) in [5, 5.41) is 13.6. The monoisotopic (exact) mass is 546 g/mol. The largest absolute Gasteiger partial charge is 0.481 e. The summed E-state index contributed by atoms with van der Waals surface area (Å²) >= 11 is 8.48. The average molecular weight is 547 g/mol. The van der Waals surface area contributed by atoms with E-state index in [4.69, 9.17) is 16.6 Å². The summed E-state index contributed by atoms with van der Waals surface area (Å²) in [5.74, 6) is 8.33. The van der Waals surface area contributed by atoms with E-state index < -0.39 is 5.97 Å². The lowest BCUT2D eigenvalue weighted by Crippen LogP contribution is -2.53. The second-order valence-electron chi connectivity index (χ2n) is 11.5. The van der Waals surface area contributed by atoms with E-state index in [1.54, 1.807) is 4.57 Å². The standard InChI is InChI=1S/C28H39ClN4O3S/c1-16-31-24-9-8-19(32(2)3)14-22(24)27(34)33(16)12-4-5-17-6-7-18(29)13-21(17)20-10-11-30-25-23(28(35)36)15-37-26(20)25/h17-21,23,25-26,30H,6-15H2,1-3H3,(H,35,36). The number of rotatable bonds is 4. The van der Waals surface area contributed by atoms with Crippen molar-refractivity contribution in [2.75, 3.05) is 26.4 Å². The Morgan fingerprint density at radius 3 is 2.84 bits per heavy atom. The Kier molecular flexibility index (Phi) is 8.26. The minimum absolute atomic E-state index is 0.0272. The zero-order valence-electron chi connectivity index (χ0n) is 22.1. The van der Waals surface area contributed by atoms with Crippen LogP contribution in [0.3, 0.4) is 0 Å². The highest BCUT2D eigenvalue weighted by Gasteiger charge is 2.50. The minimum atomic E-state index is -0.695. The van der Waals surface area contributed by atoms with Gasteiger partial charge in [0.25, 0.3) is 5.56 Å². The second-order valence-corrected chi connectivity index (χ2v) is 13.3. The van der Waals surface area contributed by atoms with Crippen molar-refractivity contribution in [1.29, 1.82) is 0 Å². The molecule has 0 bridgehead atoms. The van der Waals surface area contributed by atoms with Gasteiger partial charge >= 0.3 is 5.97 Å². The predicted octanol–water partition coefficient (Wildman–Crippen LogP) is 2.79. The summed E-state index contributed by atoms with van der Waals surface area (Å²) in [7, 11) is 4.15. The van der Waals surface area contributed by atoms with E-state index in [9.17, 15) is 14.7 Å². The van der Waals surface area contributed by atoms with E-state index in [-0.39, 0.29) is 28.8 Å². The molecular weight excluding hydrogens is 508 g/mol. The van der Waals surface area contributed by atoms with Crippen molar-refractivity contribution in [3.63, 3.8) is 0 Å². The summed E-state index contributed by atoms with van der Waals surface area (Å²) in [6, 6.07) is 0.401. The van der Waals surface area contributed by atoms with Crippen LogP contribution < -0.4 is 10.9 Å². The number of aryl methyl sites for hydroxylation is 2. The molecule has 1 aromatic rings. The Labute approximate surface area is 229 Å². The number of piperidine rings is 1. The summed E-state index contributed by atoms with van der Waals surface area (Å²) in [5.41, 5.74) is 1.87. The van der Waals surface area contributed by atoms with Crippen LogP contribution in [0.25, 0.3) is 0 Å². The van der Waals surface area contributed by atoms with E-state index >= 15 is 0 Å². The number of carbonyl (C=O) groups is 1. The molecule has 0 radical (unpaired) electrons. The number of likely N-dealkylation sites (N-methyl/N-ethyl adjacent to an activating group) is 1. The lowest BCUT2D eigenvalue weighted by atomic mass is 9.68. The van der Waals surface area contributed by atoms with Gasteiger partial charge in [-0.15, -0.1) is 11.6 Å². The fourth-order valence-corrected chi connectivity index (χ4v) is 9.25. The molecule has 1 saturated carbocycles. The maximum Gasteiger partial charge on any atom is 0.308 e. The van der Waals surface area contributed by atoms with E-state index in [0.29, 0.717) is 35.4 Å². The van der Waals surface area contributed by atoms with Crippen molar-refractivity contribution < 1.29 is 9.90 Å². The predicted molar refractivity (Wildman–Crippen MR) is 148 cm³/mol. The molecule has 37 heavy (non-hydrogen) atoms. The first kappa shape index (κ1) is 27.1. The summed E-state index contributed by atoms with van der Waals surface area (Å²) in [4.78, 5) is 32.2. The van der Waals surface area contributed by atoms with Gasteiger partial charge < -0.3 is 15.3 Å². The Balaban J connectivity index is 1.35. The van der Waals surface area contributed by atoms with Gasteiger partial charge in [0.15, 0.2) is 0 Å². The normalized spacial score (nSPS) is 35.4. The lowest BCUT2D eigenvalue weighted by Gasteiger charge is -2.44. The van der Waals surface area contributed by atoms with E-state index in [0.717, 1.165) is 68.6 Å². The third-order valence-electron chi connectivity index (χ3n) is 9.19. The number of aromatic nitrogens is 2. The molecule has 2 aliphatic heterocycles. The SMILES string of the molecule is Cc1nc2c(c(=O)n1CC#CC1CCC(Cl)CC1C1CCNC3C(C(=O)O)CSC13)CC(N(C)C)CC2. The molecule has 8 unspecified atom stereocenters. The van der Waals surface area contributed by atoms with Crippen LogP contribution in [0.2, 0.25) is 0 Å². The van der Waals surface area contributed by atoms with Crippen molar-refractivity contribution in [2.24, 2.45) is 23.7 Å². The number of hydrogen-bond acceptors (Lipinski definition) is 6. The molecule has 1 aromatic heterocycles. The maximum atomic E-state index is 13.4. The number of nitrogens with one attached hydrogen (secondary N) is 1. The summed E-state index contributed by atoms with van der Waals surface area (Å²) in [6.07, 6.45) is 6.50. The molecule has 4 aliphatic rings. The van der Waals surface area contributed by atoms with E-state index in [2.05, 4.69) is 36.2 Å². The van der Waals surface area contributed by atoms with Gasteiger partial charge in [-0.25, -0.2) is 4.98 Å². The number of carboxylic acid groups (broad SMARTS) is 1. The number of halogens is 1. The van der Waals surface area contributed by atoms with Crippen molar-refractivity contribution in [2.45, 2.75) is 81.1 Å². The van der Waals surface area contributed by atoms with Crippen LogP contribution in [0.1, 0.15) is 49.2 Å². The van der Waals surface area contributed by atoms with Crippen LogP contribution in [0.5, 0.6) is 0 Å². The molecule has 7 nitrogen and oxygen atoms in total. The first-order chi connectivity index (χ1) is 17.7. The fraction of sp³-hybridized carbons (Fsp3) is 0.750. The first-order valence-electron chi connectivity index (χ1n) is 13.7. The van der Waals surface area contributed by atoms with Crippen LogP contribution in [-0.4, -0.2) is 74.6 Å². The maximum absolute atomic E-state index is 13.4. The first-order valence-corrected chi connectivity index (χ1v) is 15.2. The topological polar surface area (TPSA) is 87.5 Å². The van der Waals surface area contributed by atoms with Gasteiger partial charge in [0.2, 0.25) is 0 Å². The Morgan fingerprint density at radius 2 is 2.08 bits per heavy atom. The van der Waals surface area contributed by atoms with Crippen LogP contribution in [0, 0.1) is 42.4 Å². The molecule has 8 atom stereocenters. The van der Waals surface area contributed by atoms with Crippen molar-refractivity contribution in [1.82, 2.24) is 19.8 Å². The third-order valence-corrected chi connectivity index (χ3v) is 11.2. The molecular formula is C28H39ClN4O3S. The average Bonchev–Trinajstić information content (AvgIpc) is 3.31. The highest BCUT2D eigenvalue weighted by atomic mass is 35.5. The van der Waals surface area contributed by atoms with Gasteiger partial charge in [0.1, 0.15) is 5.82 Å². The van der Waals surface area contributed by atoms with Crippen LogP contribution in [0.4, 0.5) is 0 Å². The highest BCUT2D eigenvalue weighted by Crippen LogP contribution is 2.48. The number of alkyl halides is 1.